The lowest BCUT2D eigenvalue weighted by Crippen LogP contribution is -2.47. The monoisotopic (exact) mass is 406 g/mol. The van der Waals surface area contributed by atoms with Gasteiger partial charge in [0, 0.05) is 51.4 Å². The molecule has 0 amide bonds. The molecule has 9 heteroatoms. The van der Waals surface area contributed by atoms with E-state index in [1.54, 1.807) is 24.2 Å². The van der Waals surface area contributed by atoms with Crippen LogP contribution in [0.15, 0.2) is 23.6 Å². The summed E-state index contributed by atoms with van der Waals surface area (Å²) in [4.78, 5) is 22.7. The smallest absolute Gasteiger partial charge is 0.225 e. The number of anilines is 2. The Labute approximate surface area is 168 Å². The van der Waals surface area contributed by atoms with Crippen LogP contribution in [0, 0.1) is 0 Å². The summed E-state index contributed by atoms with van der Waals surface area (Å²) in [6, 6.07) is 2.17. The van der Waals surface area contributed by atoms with Gasteiger partial charge >= 0.3 is 0 Å². The molecule has 27 heavy (non-hydrogen) atoms. The fourth-order valence-electron chi connectivity index (χ4n) is 3.49. The number of hydrogen-bond donors (Lipinski definition) is 0. The molecule has 4 heterocycles. The Hall–Kier alpha value is -1.64. The fraction of sp³-hybridized carbons (Fsp3) is 0.556. The summed E-state index contributed by atoms with van der Waals surface area (Å²) in [7, 11) is 0. The van der Waals surface area contributed by atoms with Crippen molar-refractivity contribution in [3.05, 3.63) is 29.2 Å². The minimum atomic E-state index is 0.468. The van der Waals surface area contributed by atoms with E-state index in [0.29, 0.717) is 10.9 Å². The van der Waals surface area contributed by atoms with Crippen molar-refractivity contribution < 1.29 is 4.74 Å². The van der Waals surface area contributed by atoms with E-state index in [2.05, 4.69) is 25.8 Å². The van der Waals surface area contributed by atoms with Crippen molar-refractivity contribution in [2.24, 2.45) is 0 Å². The average molecular weight is 407 g/mol. The number of piperazine rings is 1. The minimum absolute atomic E-state index is 0.468. The molecular formula is C18H23ClN6OS. The van der Waals surface area contributed by atoms with Gasteiger partial charge in [0.15, 0.2) is 5.16 Å². The molecule has 2 aromatic heterocycles. The van der Waals surface area contributed by atoms with E-state index in [1.807, 2.05) is 6.26 Å². The lowest BCUT2D eigenvalue weighted by atomic mass is 9.96. The average Bonchev–Trinajstić information content (AvgIpc) is 2.75. The highest BCUT2D eigenvalue weighted by atomic mass is 35.5. The zero-order valence-corrected chi connectivity index (χ0v) is 16.9. The molecule has 2 fully saturated rings. The normalized spacial score (nSPS) is 18.7. The van der Waals surface area contributed by atoms with Crippen LogP contribution in [0.5, 0.6) is 0 Å². The van der Waals surface area contributed by atoms with Gasteiger partial charge < -0.3 is 14.5 Å². The summed E-state index contributed by atoms with van der Waals surface area (Å²) in [5, 5.41) is 1.40. The quantitative estimate of drug-likeness (QED) is 0.567. The lowest BCUT2D eigenvalue weighted by molar-refractivity contribution is 0.0843. The topological polar surface area (TPSA) is 67.3 Å². The predicted molar refractivity (Wildman–Crippen MR) is 108 cm³/mol. The molecule has 144 valence electrons. The second kappa shape index (κ2) is 8.58. The highest BCUT2D eigenvalue weighted by Gasteiger charge is 2.23. The molecule has 2 aliphatic rings. The van der Waals surface area contributed by atoms with Gasteiger partial charge in [-0.25, -0.2) is 19.9 Å². The number of aromatic nitrogens is 4. The first-order valence-corrected chi connectivity index (χ1v) is 10.8. The van der Waals surface area contributed by atoms with E-state index in [0.717, 1.165) is 74.9 Å². The second-order valence-electron chi connectivity index (χ2n) is 6.70. The third-order valence-corrected chi connectivity index (χ3v) is 5.77. The number of halogens is 1. The van der Waals surface area contributed by atoms with Gasteiger partial charge in [0.05, 0.1) is 23.1 Å². The number of nitrogens with zero attached hydrogens (tertiary/aromatic N) is 6. The Balaban J connectivity index is 1.47. The van der Waals surface area contributed by atoms with E-state index >= 15 is 0 Å². The molecule has 0 saturated carbocycles. The van der Waals surface area contributed by atoms with Crippen LogP contribution in [0.1, 0.15) is 24.5 Å². The molecule has 0 aliphatic carbocycles. The molecule has 2 aliphatic heterocycles. The molecule has 0 unspecified atom stereocenters. The maximum Gasteiger partial charge on any atom is 0.225 e. The SMILES string of the molecule is CSc1nc(C2CCOCC2)cc(N2CCN(c3ncc(Cl)cn3)CC2)n1. The van der Waals surface area contributed by atoms with E-state index in [4.69, 9.17) is 26.3 Å². The summed E-state index contributed by atoms with van der Waals surface area (Å²) in [5.41, 5.74) is 1.15. The van der Waals surface area contributed by atoms with Gasteiger partial charge in [0.25, 0.3) is 0 Å². The van der Waals surface area contributed by atoms with Gasteiger partial charge in [-0.2, -0.15) is 0 Å². The molecule has 0 aromatic carbocycles. The van der Waals surface area contributed by atoms with E-state index in [1.165, 1.54) is 0 Å². The summed E-state index contributed by atoms with van der Waals surface area (Å²) < 4.78 is 5.50. The molecule has 7 nitrogen and oxygen atoms in total. The predicted octanol–water partition coefficient (Wildman–Crippen LogP) is 2.86. The number of rotatable bonds is 4. The van der Waals surface area contributed by atoms with Gasteiger partial charge in [-0.3, -0.25) is 0 Å². The van der Waals surface area contributed by atoms with Crippen LogP contribution in [0.3, 0.4) is 0 Å². The van der Waals surface area contributed by atoms with Crippen LogP contribution in [0.4, 0.5) is 11.8 Å². The van der Waals surface area contributed by atoms with Crippen LogP contribution in [-0.4, -0.2) is 65.6 Å². The van der Waals surface area contributed by atoms with E-state index in [-0.39, 0.29) is 0 Å². The zero-order valence-electron chi connectivity index (χ0n) is 15.3. The van der Waals surface area contributed by atoms with Crippen molar-refractivity contribution in [2.45, 2.75) is 23.9 Å². The minimum Gasteiger partial charge on any atom is -0.381 e. The van der Waals surface area contributed by atoms with E-state index < -0.39 is 0 Å². The summed E-state index contributed by atoms with van der Waals surface area (Å²) in [6.45, 7) is 5.10. The van der Waals surface area contributed by atoms with Crippen LogP contribution < -0.4 is 9.80 Å². The molecule has 2 saturated heterocycles. The number of thioether (sulfide) groups is 1. The summed E-state index contributed by atoms with van der Waals surface area (Å²) >= 11 is 7.49. The summed E-state index contributed by atoms with van der Waals surface area (Å²) in [6.07, 6.45) is 7.39. The van der Waals surface area contributed by atoms with Gasteiger partial charge in [0.2, 0.25) is 5.95 Å². The van der Waals surface area contributed by atoms with Crippen molar-refractivity contribution in [1.82, 2.24) is 19.9 Å². The zero-order chi connectivity index (χ0) is 18.6. The summed E-state index contributed by atoms with van der Waals surface area (Å²) in [5.74, 6) is 2.22. The Morgan fingerprint density at radius 2 is 1.70 bits per heavy atom. The van der Waals surface area contributed by atoms with Gasteiger partial charge in [-0.15, -0.1) is 0 Å². The van der Waals surface area contributed by atoms with Crippen molar-refractivity contribution in [3.8, 4) is 0 Å². The van der Waals surface area contributed by atoms with Crippen LogP contribution in [0.25, 0.3) is 0 Å². The lowest BCUT2D eigenvalue weighted by Gasteiger charge is -2.35. The molecular weight excluding hydrogens is 384 g/mol. The highest BCUT2D eigenvalue weighted by Crippen LogP contribution is 2.29. The third-order valence-electron chi connectivity index (χ3n) is 5.03. The maximum atomic E-state index is 5.89. The first-order chi connectivity index (χ1) is 13.2. The fourth-order valence-corrected chi connectivity index (χ4v) is 3.97. The molecule has 0 bridgehead atoms. The van der Waals surface area contributed by atoms with Crippen molar-refractivity contribution in [3.63, 3.8) is 0 Å². The highest BCUT2D eigenvalue weighted by molar-refractivity contribution is 7.98. The standard InChI is InChI=1S/C18H23ClN6OS/c1-27-18-22-15(13-2-8-26-9-3-13)10-16(23-18)24-4-6-25(7-5-24)17-20-11-14(19)12-21-17/h10-13H,2-9H2,1H3. The third kappa shape index (κ3) is 4.44. The van der Waals surface area contributed by atoms with Crippen molar-refractivity contribution in [1.29, 1.82) is 0 Å². The van der Waals surface area contributed by atoms with Gasteiger partial charge in [-0.05, 0) is 19.1 Å². The number of hydrogen-bond acceptors (Lipinski definition) is 8. The Kier molecular flexibility index (Phi) is 5.95. The molecule has 0 N–H and O–H groups in total. The first kappa shape index (κ1) is 18.7. The Bertz CT molecular complexity index is 763. The van der Waals surface area contributed by atoms with Crippen molar-refractivity contribution in [2.75, 3.05) is 55.4 Å². The maximum absolute atomic E-state index is 5.89. The van der Waals surface area contributed by atoms with Gasteiger partial charge in [0.1, 0.15) is 5.82 Å². The molecule has 0 spiro atoms. The Morgan fingerprint density at radius 1 is 1.04 bits per heavy atom. The first-order valence-electron chi connectivity index (χ1n) is 9.21. The van der Waals surface area contributed by atoms with Gasteiger partial charge in [-0.1, -0.05) is 23.4 Å². The molecule has 0 atom stereocenters. The van der Waals surface area contributed by atoms with Crippen molar-refractivity contribution >= 4 is 35.1 Å². The number of ether oxygens (including phenoxy) is 1. The van der Waals surface area contributed by atoms with Crippen LogP contribution in [-0.2, 0) is 4.74 Å². The van der Waals surface area contributed by atoms with E-state index in [9.17, 15) is 0 Å². The van der Waals surface area contributed by atoms with Crippen LogP contribution in [0.2, 0.25) is 5.02 Å². The second-order valence-corrected chi connectivity index (χ2v) is 7.91. The Morgan fingerprint density at radius 3 is 2.37 bits per heavy atom. The molecule has 2 aromatic rings. The molecule has 0 radical (unpaired) electrons. The largest absolute Gasteiger partial charge is 0.381 e. The molecule has 4 rings (SSSR count). The van der Waals surface area contributed by atoms with Crippen LogP contribution >= 0.6 is 23.4 Å².